The number of benzene rings is 3. The molecule has 0 radical (unpaired) electrons. The lowest BCUT2D eigenvalue weighted by atomic mass is 9.98. The Kier molecular flexibility index (Phi) is 7.02. The summed E-state index contributed by atoms with van der Waals surface area (Å²) in [7, 11) is 0. The molecule has 0 saturated heterocycles. The van der Waals surface area contributed by atoms with Gasteiger partial charge in [0.2, 0.25) is 0 Å². The number of unbranched alkanes of at least 4 members (excludes halogenated alkanes) is 1. The van der Waals surface area contributed by atoms with Gasteiger partial charge in [-0.2, -0.15) is 0 Å². The number of hydrogen-bond donors (Lipinski definition) is 1. The quantitative estimate of drug-likeness (QED) is 0.277. The van der Waals surface area contributed by atoms with Crippen LogP contribution in [0.3, 0.4) is 0 Å². The highest BCUT2D eigenvalue weighted by molar-refractivity contribution is 5.80. The number of imidazole rings is 1. The third-order valence-corrected chi connectivity index (χ3v) is 6.41. The van der Waals surface area contributed by atoms with Gasteiger partial charge in [-0.05, 0) is 52.1 Å². The molecule has 0 unspecified atom stereocenters. The Morgan fingerprint density at radius 2 is 1.62 bits per heavy atom. The van der Waals surface area contributed by atoms with Gasteiger partial charge in [0.05, 0.1) is 12.2 Å². The Morgan fingerprint density at radius 3 is 2.27 bits per heavy atom. The number of tetrazole rings is 1. The van der Waals surface area contributed by atoms with Crippen LogP contribution < -0.4 is 5.69 Å². The highest BCUT2D eigenvalue weighted by Gasteiger charge is 2.27. The molecule has 0 atom stereocenters. The van der Waals surface area contributed by atoms with Gasteiger partial charge in [0.15, 0.2) is 5.82 Å². The van der Waals surface area contributed by atoms with Crippen molar-refractivity contribution in [3.8, 4) is 28.2 Å². The molecule has 0 amide bonds. The second-order valence-corrected chi connectivity index (χ2v) is 8.77. The zero-order valence-electron chi connectivity index (χ0n) is 20.3. The van der Waals surface area contributed by atoms with Gasteiger partial charge >= 0.3 is 5.69 Å². The number of nitrogens with zero attached hydrogens (tertiary/aromatic N) is 5. The first-order valence-corrected chi connectivity index (χ1v) is 12.2. The van der Waals surface area contributed by atoms with Gasteiger partial charge < -0.3 is 0 Å². The van der Waals surface area contributed by atoms with E-state index in [0.29, 0.717) is 30.0 Å². The summed E-state index contributed by atoms with van der Waals surface area (Å²) in [4.78, 5) is 13.5. The highest BCUT2D eigenvalue weighted by Crippen LogP contribution is 2.31. The van der Waals surface area contributed by atoms with Gasteiger partial charge in [0.25, 0.3) is 6.43 Å². The molecule has 5 rings (SSSR count). The minimum Gasteiger partial charge on any atom is -0.291 e. The third kappa shape index (κ3) is 4.84. The maximum absolute atomic E-state index is 14.3. The molecule has 3 aromatic carbocycles. The summed E-state index contributed by atoms with van der Waals surface area (Å²) in [6, 6.07) is 24.2. The SMILES string of the molecule is CCCCc1c(C(F)F)n(-c2ccccc2)c(=O)n1Cc1ccc(-c2ccccc2-c2nnn[nH]2)cc1. The second kappa shape index (κ2) is 10.7. The molecular weight excluding hydrogens is 474 g/mol. The Labute approximate surface area is 212 Å². The fraction of sp³-hybridized carbons (Fsp3) is 0.214. The average Bonchev–Trinajstić information content (AvgIpc) is 3.56. The first-order valence-electron chi connectivity index (χ1n) is 12.2. The number of aromatic amines is 1. The minimum absolute atomic E-state index is 0.200. The maximum Gasteiger partial charge on any atom is 0.333 e. The predicted octanol–water partition coefficient (Wildman–Crippen LogP) is 5.81. The van der Waals surface area contributed by atoms with E-state index in [-0.39, 0.29) is 12.2 Å². The molecule has 7 nitrogen and oxygen atoms in total. The molecule has 1 N–H and O–H groups in total. The summed E-state index contributed by atoms with van der Waals surface area (Å²) in [5.41, 5.74) is 3.74. The van der Waals surface area contributed by atoms with Crippen LogP contribution in [0.15, 0.2) is 83.7 Å². The average molecular weight is 501 g/mol. The van der Waals surface area contributed by atoms with Crippen LogP contribution in [-0.2, 0) is 13.0 Å². The minimum atomic E-state index is -2.77. The molecule has 9 heteroatoms. The second-order valence-electron chi connectivity index (χ2n) is 8.77. The van der Waals surface area contributed by atoms with E-state index < -0.39 is 12.1 Å². The van der Waals surface area contributed by atoms with Crippen LogP contribution in [-0.4, -0.2) is 29.8 Å². The van der Waals surface area contributed by atoms with Crippen LogP contribution in [0, 0.1) is 0 Å². The zero-order valence-corrected chi connectivity index (χ0v) is 20.3. The fourth-order valence-electron chi connectivity index (χ4n) is 4.61. The Balaban J connectivity index is 1.54. The molecule has 0 aliphatic rings. The molecule has 0 bridgehead atoms. The van der Waals surface area contributed by atoms with E-state index in [0.717, 1.165) is 33.2 Å². The lowest BCUT2D eigenvalue weighted by Crippen LogP contribution is -2.25. The summed E-state index contributed by atoms with van der Waals surface area (Å²) < 4.78 is 31.3. The summed E-state index contributed by atoms with van der Waals surface area (Å²) in [5.74, 6) is 0.563. The topological polar surface area (TPSA) is 81.4 Å². The molecule has 0 spiro atoms. The van der Waals surface area contributed by atoms with Crippen LogP contribution in [0.25, 0.3) is 28.2 Å². The van der Waals surface area contributed by atoms with Crippen molar-refractivity contribution in [2.75, 3.05) is 0 Å². The lowest BCUT2D eigenvalue weighted by molar-refractivity contribution is 0.142. The van der Waals surface area contributed by atoms with Crippen LogP contribution in [0.2, 0.25) is 0 Å². The largest absolute Gasteiger partial charge is 0.333 e. The van der Waals surface area contributed by atoms with Crippen molar-refractivity contribution in [2.45, 2.75) is 39.2 Å². The number of nitrogens with one attached hydrogen (secondary N) is 1. The summed E-state index contributed by atoms with van der Waals surface area (Å²) in [5, 5.41) is 14.1. The molecule has 2 aromatic heterocycles. The molecule has 0 saturated carbocycles. The van der Waals surface area contributed by atoms with E-state index in [9.17, 15) is 13.6 Å². The van der Waals surface area contributed by atoms with Crippen LogP contribution in [0.1, 0.15) is 43.1 Å². The number of H-pyrrole nitrogens is 1. The smallest absolute Gasteiger partial charge is 0.291 e. The van der Waals surface area contributed by atoms with Crippen molar-refractivity contribution < 1.29 is 8.78 Å². The maximum atomic E-state index is 14.3. The number of rotatable bonds is 9. The Morgan fingerprint density at radius 1 is 0.919 bits per heavy atom. The number of alkyl halides is 2. The highest BCUT2D eigenvalue weighted by atomic mass is 19.3. The van der Waals surface area contributed by atoms with Gasteiger partial charge in [-0.3, -0.25) is 9.13 Å². The van der Waals surface area contributed by atoms with E-state index in [1.54, 1.807) is 30.3 Å². The number of para-hydroxylation sites is 1. The van der Waals surface area contributed by atoms with Gasteiger partial charge in [0.1, 0.15) is 5.69 Å². The van der Waals surface area contributed by atoms with Crippen molar-refractivity contribution in [3.05, 3.63) is 106 Å². The number of aromatic nitrogens is 6. The molecule has 5 aromatic rings. The molecule has 0 aliphatic carbocycles. The number of hydrogen-bond acceptors (Lipinski definition) is 4. The Hall–Kier alpha value is -4.40. The molecule has 37 heavy (non-hydrogen) atoms. The van der Waals surface area contributed by atoms with E-state index in [4.69, 9.17) is 0 Å². The van der Waals surface area contributed by atoms with Gasteiger partial charge in [0, 0.05) is 11.3 Å². The molecular formula is C28H26F2N6O. The summed E-state index contributed by atoms with van der Waals surface area (Å²) in [6.07, 6.45) is -0.820. The molecule has 188 valence electrons. The van der Waals surface area contributed by atoms with Crippen molar-refractivity contribution in [2.24, 2.45) is 0 Å². The standard InChI is InChI=1S/C28H26F2N6O/c1-2-3-13-24-25(26(29)30)36(21-9-5-4-6-10-21)28(37)35(24)18-19-14-16-20(17-15-19)22-11-7-8-12-23(22)27-31-33-34-32-27/h4-12,14-17,26H,2-3,13,18H2,1H3,(H,31,32,33,34). The van der Waals surface area contributed by atoms with E-state index in [1.165, 1.54) is 4.57 Å². The Bertz CT molecular complexity index is 1520. The predicted molar refractivity (Wildman–Crippen MR) is 138 cm³/mol. The first-order chi connectivity index (χ1) is 18.1. The van der Waals surface area contributed by atoms with E-state index >= 15 is 0 Å². The van der Waals surface area contributed by atoms with E-state index in [1.807, 2.05) is 55.5 Å². The van der Waals surface area contributed by atoms with Gasteiger partial charge in [-0.1, -0.05) is 80.1 Å². The van der Waals surface area contributed by atoms with Crippen LogP contribution in [0.4, 0.5) is 8.78 Å². The lowest BCUT2D eigenvalue weighted by Gasteiger charge is -2.11. The molecule has 2 heterocycles. The number of halogens is 2. The van der Waals surface area contributed by atoms with Gasteiger partial charge in [-0.25, -0.2) is 18.7 Å². The first kappa shape index (κ1) is 24.3. The zero-order chi connectivity index (χ0) is 25.8. The normalized spacial score (nSPS) is 11.4. The monoisotopic (exact) mass is 500 g/mol. The van der Waals surface area contributed by atoms with Crippen LogP contribution >= 0.6 is 0 Å². The van der Waals surface area contributed by atoms with Crippen molar-refractivity contribution >= 4 is 0 Å². The summed E-state index contributed by atoms with van der Waals surface area (Å²) in [6.45, 7) is 2.20. The van der Waals surface area contributed by atoms with Crippen molar-refractivity contribution in [3.63, 3.8) is 0 Å². The molecule has 0 fully saturated rings. The summed E-state index contributed by atoms with van der Waals surface area (Å²) >= 11 is 0. The van der Waals surface area contributed by atoms with E-state index in [2.05, 4.69) is 20.6 Å². The molecule has 0 aliphatic heterocycles. The third-order valence-electron chi connectivity index (χ3n) is 6.41. The fourth-order valence-corrected chi connectivity index (χ4v) is 4.61. The van der Waals surface area contributed by atoms with Crippen molar-refractivity contribution in [1.29, 1.82) is 0 Å². The van der Waals surface area contributed by atoms with Gasteiger partial charge in [-0.15, -0.1) is 5.10 Å². The van der Waals surface area contributed by atoms with Crippen molar-refractivity contribution in [1.82, 2.24) is 29.8 Å². The van der Waals surface area contributed by atoms with Crippen LogP contribution in [0.5, 0.6) is 0 Å².